The Morgan fingerprint density at radius 2 is 2.04 bits per heavy atom. The highest BCUT2D eigenvalue weighted by molar-refractivity contribution is 6.30. The van der Waals surface area contributed by atoms with Crippen LogP contribution < -0.4 is 10.9 Å². The molecule has 1 fully saturated rings. The Balaban J connectivity index is 1.91. The lowest BCUT2D eigenvalue weighted by Gasteiger charge is -2.38. The second kappa shape index (κ2) is 6.93. The molecule has 0 unspecified atom stereocenters. The van der Waals surface area contributed by atoms with Crippen LogP contribution in [0.5, 0.6) is 0 Å². The molecule has 2 aromatic rings. The van der Waals surface area contributed by atoms with Crippen molar-refractivity contribution in [3.05, 3.63) is 68.6 Å². The van der Waals surface area contributed by atoms with Gasteiger partial charge in [-0.2, -0.15) is 0 Å². The van der Waals surface area contributed by atoms with Gasteiger partial charge in [0, 0.05) is 17.8 Å². The maximum atomic E-state index is 14.2. The number of carbonyl (C=O) groups is 1. The number of hydrogen-bond acceptors (Lipinski definition) is 3. The summed E-state index contributed by atoms with van der Waals surface area (Å²) >= 11 is 5.79. The summed E-state index contributed by atoms with van der Waals surface area (Å²) in [6.45, 7) is 0. The number of aliphatic hydroxyl groups is 1. The van der Waals surface area contributed by atoms with Gasteiger partial charge in [0.25, 0.3) is 11.5 Å². The third-order valence-corrected chi connectivity index (χ3v) is 4.54. The molecular formula is C17H15ClF2N2O3. The molecule has 0 bridgehead atoms. The zero-order valence-electron chi connectivity index (χ0n) is 12.9. The standard InChI is InChI=1S/C17H15ClF2N2O3/c18-9-5-13(16(24)21-7-9)17(25)22-15(8-3-11(23)4-8)12-2-1-10(19)6-14(12)20/h1-2,5-8,11,15,23H,3-4H2,(H,21,24)(H,22,25)/t8?,11?,15-/m1/s1. The van der Waals surface area contributed by atoms with Crippen molar-refractivity contribution < 1.29 is 18.7 Å². The van der Waals surface area contributed by atoms with E-state index in [4.69, 9.17) is 11.6 Å². The van der Waals surface area contributed by atoms with Crippen molar-refractivity contribution in [3.8, 4) is 0 Å². The van der Waals surface area contributed by atoms with Crippen LogP contribution in [-0.4, -0.2) is 22.1 Å². The van der Waals surface area contributed by atoms with Gasteiger partial charge in [-0.1, -0.05) is 17.7 Å². The highest BCUT2D eigenvalue weighted by atomic mass is 35.5. The van der Waals surface area contributed by atoms with Crippen molar-refractivity contribution in [3.63, 3.8) is 0 Å². The second-order valence-corrected chi connectivity index (χ2v) is 6.50. The molecule has 132 valence electrons. The van der Waals surface area contributed by atoms with E-state index in [1.165, 1.54) is 18.3 Å². The lowest BCUT2D eigenvalue weighted by Crippen LogP contribution is -2.42. The normalized spacial score (nSPS) is 20.6. The summed E-state index contributed by atoms with van der Waals surface area (Å²) in [5, 5.41) is 12.3. The molecule has 1 aliphatic rings. The van der Waals surface area contributed by atoms with Gasteiger partial charge in [-0.05, 0) is 30.9 Å². The predicted octanol–water partition coefficient (Wildman–Crippen LogP) is 2.55. The molecule has 0 radical (unpaired) electrons. The second-order valence-electron chi connectivity index (χ2n) is 6.06. The topological polar surface area (TPSA) is 82.2 Å². The first-order chi connectivity index (χ1) is 11.8. The lowest BCUT2D eigenvalue weighted by molar-refractivity contribution is 0.0229. The molecule has 1 aromatic carbocycles. The number of halogens is 3. The molecule has 1 atom stereocenters. The van der Waals surface area contributed by atoms with Crippen molar-refractivity contribution in [2.75, 3.05) is 0 Å². The molecule has 3 rings (SSSR count). The van der Waals surface area contributed by atoms with Crippen LogP contribution in [0.25, 0.3) is 0 Å². The van der Waals surface area contributed by atoms with E-state index in [0.717, 1.165) is 12.1 Å². The minimum atomic E-state index is -0.799. The first-order valence-electron chi connectivity index (χ1n) is 7.67. The fraction of sp³-hybridized carbons (Fsp3) is 0.294. The molecule has 1 saturated carbocycles. The van der Waals surface area contributed by atoms with Gasteiger partial charge in [-0.3, -0.25) is 9.59 Å². The third kappa shape index (κ3) is 3.72. The van der Waals surface area contributed by atoms with E-state index in [0.29, 0.717) is 12.8 Å². The minimum Gasteiger partial charge on any atom is -0.393 e. The minimum absolute atomic E-state index is 0.102. The monoisotopic (exact) mass is 368 g/mol. The highest BCUT2D eigenvalue weighted by Gasteiger charge is 2.37. The number of nitrogens with one attached hydrogen (secondary N) is 2. The smallest absolute Gasteiger partial charge is 0.260 e. The first kappa shape index (κ1) is 17.6. The number of carbonyl (C=O) groups excluding carboxylic acids is 1. The van der Waals surface area contributed by atoms with E-state index in [1.54, 1.807) is 0 Å². The predicted molar refractivity (Wildman–Crippen MR) is 87.4 cm³/mol. The van der Waals surface area contributed by atoms with Gasteiger partial charge in [0.2, 0.25) is 0 Å². The zero-order valence-corrected chi connectivity index (χ0v) is 13.7. The Bertz CT molecular complexity index is 865. The van der Waals surface area contributed by atoms with Crippen LogP contribution in [-0.2, 0) is 0 Å². The molecule has 3 N–H and O–H groups in total. The molecule has 25 heavy (non-hydrogen) atoms. The zero-order chi connectivity index (χ0) is 18.1. The van der Waals surface area contributed by atoms with Gasteiger partial charge in [0.05, 0.1) is 17.2 Å². The molecule has 0 aliphatic heterocycles. The molecule has 1 heterocycles. The van der Waals surface area contributed by atoms with E-state index >= 15 is 0 Å². The van der Waals surface area contributed by atoms with E-state index in [-0.39, 0.29) is 22.1 Å². The van der Waals surface area contributed by atoms with Gasteiger partial charge in [0.15, 0.2) is 0 Å². The molecule has 1 amide bonds. The van der Waals surface area contributed by atoms with Crippen LogP contribution in [0.2, 0.25) is 5.02 Å². The van der Waals surface area contributed by atoms with E-state index < -0.39 is 35.2 Å². The number of pyridine rings is 1. The summed E-state index contributed by atoms with van der Waals surface area (Å²) in [7, 11) is 0. The number of aromatic amines is 1. The maximum Gasteiger partial charge on any atom is 0.260 e. The van der Waals surface area contributed by atoms with Gasteiger partial charge in [-0.25, -0.2) is 8.78 Å². The Kier molecular flexibility index (Phi) is 4.87. The summed E-state index contributed by atoms with van der Waals surface area (Å²) in [6.07, 6.45) is 1.46. The average molecular weight is 369 g/mol. The number of rotatable bonds is 4. The summed E-state index contributed by atoms with van der Waals surface area (Å²) in [5.41, 5.74) is -0.737. The summed E-state index contributed by atoms with van der Waals surface area (Å²) in [5.74, 6) is -2.48. The lowest BCUT2D eigenvalue weighted by atomic mass is 9.75. The van der Waals surface area contributed by atoms with E-state index in [1.807, 2.05) is 0 Å². The highest BCUT2D eigenvalue weighted by Crippen LogP contribution is 2.39. The fourth-order valence-electron chi connectivity index (χ4n) is 2.95. The first-order valence-corrected chi connectivity index (χ1v) is 8.05. The number of H-pyrrole nitrogens is 1. The van der Waals surface area contributed by atoms with Gasteiger partial charge in [0.1, 0.15) is 17.2 Å². The number of aliphatic hydroxyl groups excluding tert-OH is 1. The summed E-state index contributed by atoms with van der Waals surface area (Å²) in [6, 6.07) is 3.50. The molecule has 1 aliphatic carbocycles. The van der Waals surface area contributed by atoms with Crippen molar-refractivity contribution in [1.82, 2.24) is 10.3 Å². The Morgan fingerprint density at radius 1 is 1.32 bits per heavy atom. The quantitative estimate of drug-likeness (QED) is 0.775. The van der Waals surface area contributed by atoms with Crippen LogP contribution in [0.4, 0.5) is 8.78 Å². The van der Waals surface area contributed by atoms with Crippen LogP contribution >= 0.6 is 11.6 Å². The molecule has 0 saturated heterocycles. The Labute approximate surface area is 146 Å². The van der Waals surface area contributed by atoms with Crippen LogP contribution in [0.15, 0.2) is 35.3 Å². The molecule has 1 aromatic heterocycles. The Hall–Kier alpha value is -2.25. The molecule has 0 spiro atoms. The molecule has 8 heteroatoms. The summed E-state index contributed by atoms with van der Waals surface area (Å²) in [4.78, 5) is 26.6. The maximum absolute atomic E-state index is 14.2. The van der Waals surface area contributed by atoms with Crippen LogP contribution in [0.1, 0.15) is 34.8 Å². The van der Waals surface area contributed by atoms with Gasteiger partial charge >= 0.3 is 0 Å². The molecular weight excluding hydrogens is 354 g/mol. The van der Waals surface area contributed by atoms with Crippen LogP contribution in [0.3, 0.4) is 0 Å². The third-order valence-electron chi connectivity index (χ3n) is 4.32. The SMILES string of the molecule is O=C(N[C@@H](c1ccc(F)cc1F)C1CC(O)C1)c1cc(Cl)c[nH]c1=O. The molecule has 5 nitrogen and oxygen atoms in total. The average Bonchev–Trinajstić information content (AvgIpc) is 2.52. The van der Waals surface area contributed by atoms with Crippen molar-refractivity contribution in [1.29, 1.82) is 0 Å². The van der Waals surface area contributed by atoms with Gasteiger partial charge < -0.3 is 15.4 Å². The van der Waals surface area contributed by atoms with E-state index in [2.05, 4.69) is 10.3 Å². The number of hydrogen-bond donors (Lipinski definition) is 3. The van der Waals surface area contributed by atoms with E-state index in [9.17, 15) is 23.5 Å². The summed E-state index contributed by atoms with van der Waals surface area (Å²) < 4.78 is 27.3. The fourth-order valence-corrected chi connectivity index (χ4v) is 3.11. The number of benzene rings is 1. The Morgan fingerprint density at radius 3 is 2.68 bits per heavy atom. The van der Waals surface area contributed by atoms with Crippen LogP contribution in [0, 0.1) is 17.6 Å². The van der Waals surface area contributed by atoms with Crippen molar-refractivity contribution in [2.45, 2.75) is 25.0 Å². The number of amides is 1. The van der Waals surface area contributed by atoms with Crippen molar-refractivity contribution >= 4 is 17.5 Å². The van der Waals surface area contributed by atoms with Crippen molar-refractivity contribution in [2.24, 2.45) is 5.92 Å². The largest absolute Gasteiger partial charge is 0.393 e. The number of aromatic nitrogens is 1. The van der Waals surface area contributed by atoms with Gasteiger partial charge in [-0.15, -0.1) is 0 Å².